The number of carbonyl (C=O) groups excluding carboxylic acids is 1. The van der Waals surface area contributed by atoms with Crippen molar-refractivity contribution in [3.05, 3.63) is 80.4 Å². The lowest BCUT2D eigenvalue weighted by Gasteiger charge is -2.19. The Morgan fingerprint density at radius 2 is 2.00 bits per heavy atom. The molecule has 0 saturated heterocycles. The summed E-state index contributed by atoms with van der Waals surface area (Å²) in [6, 6.07) is 11.4. The maximum absolute atomic E-state index is 13.3. The van der Waals surface area contributed by atoms with E-state index in [1.165, 1.54) is 23.5 Å². The van der Waals surface area contributed by atoms with E-state index in [-0.39, 0.29) is 23.8 Å². The van der Waals surface area contributed by atoms with E-state index in [2.05, 4.69) is 15.3 Å². The Balaban J connectivity index is 1.51. The van der Waals surface area contributed by atoms with Crippen LogP contribution < -0.4 is 10.9 Å². The molecule has 2 heterocycles. The Kier molecular flexibility index (Phi) is 6.88. The first-order valence-corrected chi connectivity index (χ1v) is 11.6. The number of aromatic nitrogens is 2. The van der Waals surface area contributed by atoms with Crippen LogP contribution in [-0.2, 0) is 11.3 Å². The van der Waals surface area contributed by atoms with Crippen LogP contribution in [0.25, 0.3) is 21.3 Å². The summed E-state index contributed by atoms with van der Waals surface area (Å²) >= 11 is 7.39. The fraction of sp³-hybridized carbons (Fsp3) is 0.208. The van der Waals surface area contributed by atoms with Gasteiger partial charge < -0.3 is 10.3 Å². The van der Waals surface area contributed by atoms with Crippen LogP contribution in [-0.4, -0.2) is 33.9 Å². The average Bonchev–Trinajstić information content (AvgIpc) is 3.21. The van der Waals surface area contributed by atoms with Crippen LogP contribution in [0.2, 0.25) is 5.02 Å². The van der Waals surface area contributed by atoms with Crippen molar-refractivity contribution in [1.82, 2.24) is 14.9 Å². The molecule has 6 nitrogen and oxygen atoms in total. The number of benzene rings is 2. The van der Waals surface area contributed by atoms with Gasteiger partial charge in [-0.1, -0.05) is 36.7 Å². The van der Waals surface area contributed by atoms with E-state index < -0.39 is 0 Å². The van der Waals surface area contributed by atoms with Crippen molar-refractivity contribution < 1.29 is 9.18 Å². The molecule has 0 aliphatic carbocycles. The highest BCUT2D eigenvalue weighted by Gasteiger charge is 2.16. The lowest BCUT2D eigenvalue weighted by atomic mass is 10.1. The monoisotopic (exact) mass is 484 g/mol. The van der Waals surface area contributed by atoms with Gasteiger partial charge in [-0.15, -0.1) is 11.3 Å². The SMILES string of the molecule is CCN(CC(=O)Nc1cc(Cl)ccc1C)Cc1nc2scc(-c3ccc(F)cc3)c2c(=O)[nH]1. The number of likely N-dealkylation sites (N-methyl/N-ethyl adjacent to an activating group) is 1. The Hall–Kier alpha value is -3.07. The van der Waals surface area contributed by atoms with E-state index in [9.17, 15) is 14.0 Å². The molecule has 4 aromatic rings. The molecule has 0 bridgehead atoms. The number of halogens is 2. The Morgan fingerprint density at radius 1 is 1.24 bits per heavy atom. The normalized spacial score (nSPS) is 11.3. The molecule has 33 heavy (non-hydrogen) atoms. The number of nitrogens with zero attached hydrogens (tertiary/aromatic N) is 2. The molecule has 0 radical (unpaired) electrons. The minimum Gasteiger partial charge on any atom is -0.325 e. The fourth-order valence-corrected chi connectivity index (χ4v) is 4.66. The van der Waals surface area contributed by atoms with Gasteiger partial charge in [-0.25, -0.2) is 9.37 Å². The number of rotatable bonds is 7. The summed E-state index contributed by atoms with van der Waals surface area (Å²) in [5.41, 5.74) is 2.81. The highest BCUT2D eigenvalue weighted by atomic mass is 35.5. The largest absolute Gasteiger partial charge is 0.325 e. The van der Waals surface area contributed by atoms with Gasteiger partial charge in [-0.05, 0) is 48.9 Å². The number of hydrogen-bond donors (Lipinski definition) is 2. The minimum absolute atomic E-state index is 0.134. The molecule has 0 saturated carbocycles. The Labute approximate surface area is 199 Å². The van der Waals surface area contributed by atoms with Crippen molar-refractivity contribution in [1.29, 1.82) is 0 Å². The second-order valence-electron chi connectivity index (χ2n) is 7.66. The number of aryl methyl sites for hydroxylation is 1. The Morgan fingerprint density at radius 3 is 2.73 bits per heavy atom. The maximum Gasteiger partial charge on any atom is 0.260 e. The standard InChI is InChI=1S/C24H22ClFN4O2S/c1-3-30(12-21(31)27-19-10-16(25)7-4-14(19)2)11-20-28-23(32)22-18(13-33-24(22)29-20)15-5-8-17(26)9-6-15/h4-10,13H,3,11-12H2,1-2H3,(H,27,31)(H,28,29,32). The zero-order valence-corrected chi connectivity index (χ0v) is 19.7. The summed E-state index contributed by atoms with van der Waals surface area (Å²) in [5, 5.41) is 5.77. The van der Waals surface area contributed by atoms with Crippen LogP contribution in [0.1, 0.15) is 18.3 Å². The summed E-state index contributed by atoms with van der Waals surface area (Å²) in [6.07, 6.45) is 0. The second kappa shape index (κ2) is 9.82. The average molecular weight is 485 g/mol. The van der Waals surface area contributed by atoms with Crippen molar-refractivity contribution in [3.63, 3.8) is 0 Å². The van der Waals surface area contributed by atoms with E-state index >= 15 is 0 Å². The number of carbonyl (C=O) groups is 1. The van der Waals surface area contributed by atoms with Crippen molar-refractivity contribution >= 4 is 44.7 Å². The van der Waals surface area contributed by atoms with E-state index in [1.54, 1.807) is 24.3 Å². The quantitative estimate of drug-likeness (QED) is 0.377. The van der Waals surface area contributed by atoms with E-state index in [4.69, 9.17) is 11.6 Å². The van der Waals surface area contributed by atoms with Gasteiger partial charge in [0.15, 0.2) is 0 Å². The van der Waals surface area contributed by atoms with Crippen LogP contribution in [0.5, 0.6) is 0 Å². The number of nitrogens with one attached hydrogen (secondary N) is 2. The molecular formula is C24H22ClFN4O2S. The molecule has 2 aromatic heterocycles. The zero-order chi connectivity index (χ0) is 23.5. The fourth-order valence-electron chi connectivity index (χ4n) is 3.52. The predicted molar refractivity (Wildman–Crippen MR) is 131 cm³/mol. The number of H-pyrrole nitrogens is 1. The molecule has 0 spiro atoms. The predicted octanol–water partition coefficient (Wildman–Crippen LogP) is 5.21. The number of hydrogen-bond acceptors (Lipinski definition) is 5. The highest BCUT2D eigenvalue weighted by Crippen LogP contribution is 2.30. The first-order chi connectivity index (χ1) is 15.8. The topological polar surface area (TPSA) is 78.1 Å². The molecule has 1 amide bonds. The molecule has 0 atom stereocenters. The molecular weight excluding hydrogens is 463 g/mol. The van der Waals surface area contributed by atoms with E-state index in [0.717, 1.165) is 16.7 Å². The second-order valence-corrected chi connectivity index (χ2v) is 8.95. The van der Waals surface area contributed by atoms with Crippen molar-refractivity contribution in [3.8, 4) is 11.1 Å². The summed E-state index contributed by atoms with van der Waals surface area (Å²) in [6.45, 7) is 4.87. The number of amides is 1. The van der Waals surface area contributed by atoms with Crippen LogP contribution in [0.15, 0.2) is 52.6 Å². The van der Waals surface area contributed by atoms with Crippen molar-refractivity contribution in [2.24, 2.45) is 0 Å². The number of thiophene rings is 1. The summed E-state index contributed by atoms with van der Waals surface area (Å²) in [4.78, 5) is 35.4. The zero-order valence-electron chi connectivity index (χ0n) is 18.1. The molecule has 0 aliphatic rings. The molecule has 2 aromatic carbocycles. The van der Waals surface area contributed by atoms with Crippen LogP contribution in [0.4, 0.5) is 10.1 Å². The number of anilines is 1. The summed E-state index contributed by atoms with van der Waals surface area (Å²) in [7, 11) is 0. The van der Waals surface area contributed by atoms with Gasteiger partial charge in [0, 0.05) is 21.7 Å². The van der Waals surface area contributed by atoms with E-state index in [1.807, 2.05) is 30.2 Å². The number of fused-ring (bicyclic) bond motifs is 1. The molecule has 0 unspecified atom stereocenters. The molecule has 4 rings (SSSR count). The lowest BCUT2D eigenvalue weighted by Crippen LogP contribution is -2.34. The third-order valence-electron chi connectivity index (χ3n) is 5.31. The molecule has 0 fully saturated rings. The van der Waals surface area contributed by atoms with Crippen LogP contribution in [0.3, 0.4) is 0 Å². The van der Waals surface area contributed by atoms with Crippen LogP contribution >= 0.6 is 22.9 Å². The maximum atomic E-state index is 13.3. The molecule has 170 valence electrons. The van der Waals surface area contributed by atoms with Gasteiger partial charge in [-0.2, -0.15) is 0 Å². The third-order valence-corrected chi connectivity index (χ3v) is 6.42. The first-order valence-electron chi connectivity index (χ1n) is 10.4. The van der Waals surface area contributed by atoms with Crippen molar-refractivity contribution in [2.75, 3.05) is 18.4 Å². The molecule has 9 heteroatoms. The first kappa shape index (κ1) is 23.1. The summed E-state index contributed by atoms with van der Waals surface area (Å²) in [5.74, 6) is -0.0317. The van der Waals surface area contributed by atoms with Gasteiger partial charge in [-0.3, -0.25) is 14.5 Å². The molecule has 2 N–H and O–H groups in total. The number of aromatic amines is 1. The summed E-state index contributed by atoms with van der Waals surface area (Å²) < 4.78 is 13.3. The van der Waals surface area contributed by atoms with Crippen LogP contribution in [0, 0.1) is 12.7 Å². The lowest BCUT2D eigenvalue weighted by molar-refractivity contribution is -0.117. The third kappa shape index (κ3) is 5.30. The van der Waals surface area contributed by atoms with Gasteiger partial charge in [0.1, 0.15) is 16.5 Å². The van der Waals surface area contributed by atoms with Gasteiger partial charge >= 0.3 is 0 Å². The minimum atomic E-state index is -0.332. The van der Waals surface area contributed by atoms with Gasteiger partial charge in [0.2, 0.25) is 5.91 Å². The van der Waals surface area contributed by atoms with E-state index in [0.29, 0.717) is 39.8 Å². The van der Waals surface area contributed by atoms with Gasteiger partial charge in [0.25, 0.3) is 5.56 Å². The van der Waals surface area contributed by atoms with Crippen molar-refractivity contribution in [2.45, 2.75) is 20.4 Å². The molecule has 0 aliphatic heterocycles. The smallest absolute Gasteiger partial charge is 0.260 e. The Bertz CT molecular complexity index is 1370. The highest BCUT2D eigenvalue weighted by molar-refractivity contribution is 7.17. The van der Waals surface area contributed by atoms with Gasteiger partial charge in [0.05, 0.1) is 18.5 Å².